The first-order valence-corrected chi connectivity index (χ1v) is 5.92. The monoisotopic (exact) mass is 281 g/mol. The number of carbonyl (C=O) groups is 1. The average Bonchev–Trinajstić information content (AvgIpc) is 2.71. The summed E-state index contributed by atoms with van der Waals surface area (Å²) in [5.41, 5.74) is 4.05. The van der Waals surface area contributed by atoms with Crippen LogP contribution in [0.4, 0.5) is 18.3 Å². The van der Waals surface area contributed by atoms with Gasteiger partial charge in [-0.3, -0.25) is 4.79 Å². The van der Waals surface area contributed by atoms with Crippen molar-refractivity contribution in [1.29, 1.82) is 0 Å². The topological polar surface area (TPSA) is 68.5 Å². The minimum atomic E-state index is -4.68. The molecule has 0 aliphatic carbocycles. The number of hydrogen-bond acceptors (Lipinski definition) is 5. The molecule has 1 aromatic heterocycles. The average molecular weight is 281 g/mol. The Balaban J connectivity index is 2.29. The SMILES string of the molecule is Nc1nc(C(F)(F)F)c(C(=O)N2CCOCC2)s1. The van der Waals surface area contributed by atoms with Crippen LogP contribution >= 0.6 is 11.3 Å². The Morgan fingerprint density at radius 2 is 2.00 bits per heavy atom. The zero-order valence-corrected chi connectivity index (χ0v) is 9.98. The van der Waals surface area contributed by atoms with Crippen molar-refractivity contribution in [3.8, 4) is 0 Å². The number of morpholine rings is 1. The van der Waals surface area contributed by atoms with E-state index in [1.165, 1.54) is 4.90 Å². The van der Waals surface area contributed by atoms with E-state index in [2.05, 4.69) is 4.98 Å². The van der Waals surface area contributed by atoms with Crippen molar-refractivity contribution in [1.82, 2.24) is 9.88 Å². The summed E-state index contributed by atoms with van der Waals surface area (Å²) in [6.45, 7) is 1.19. The molecule has 1 saturated heterocycles. The van der Waals surface area contributed by atoms with Gasteiger partial charge in [0.2, 0.25) is 0 Å². The summed E-state index contributed by atoms with van der Waals surface area (Å²) >= 11 is 0.558. The van der Waals surface area contributed by atoms with Crippen molar-refractivity contribution >= 4 is 22.4 Å². The van der Waals surface area contributed by atoms with E-state index in [1.54, 1.807) is 0 Å². The van der Waals surface area contributed by atoms with Crippen LogP contribution in [0.2, 0.25) is 0 Å². The molecule has 0 bridgehead atoms. The lowest BCUT2D eigenvalue weighted by molar-refractivity contribution is -0.141. The number of nitrogens with two attached hydrogens (primary N) is 1. The zero-order chi connectivity index (χ0) is 13.3. The Morgan fingerprint density at radius 1 is 1.39 bits per heavy atom. The number of amides is 1. The Morgan fingerprint density at radius 3 is 2.56 bits per heavy atom. The number of aromatic nitrogens is 1. The van der Waals surface area contributed by atoms with Crippen LogP contribution in [0.15, 0.2) is 0 Å². The number of anilines is 1. The molecule has 0 radical (unpaired) electrons. The van der Waals surface area contributed by atoms with Crippen molar-refractivity contribution in [3.63, 3.8) is 0 Å². The van der Waals surface area contributed by atoms with Crippen molar-refractivity contribution in [2.75, 3.05) is 32.0 Å². The van der Waals surface area contributed by atoms with E-state index >= 15 is 0 Å². The van der Waals surface area contributed by atoms with Crippen molar-refractivity contribution in [2.24, 2.45) is 0 Å². The summed E-state index contributed by atoms with van der Waals surface area (Å²) in [6.07, 6.45) is -4.68. The van der Waals surface area contributed by atoms with Crippen LogP contribution in [0, 0.1) is 0 Å². The summed E-state index contributed by atoms with van der Waals surface area (Å²) in [5, 5.41) is -0.265. The molecule has 100 valence electrons. The maximum atomic E-state index is 12.7. The van der Waals surface area contributed by atoms with E-state index in [9.17, 15) is 18.0 Å². The molecule has 1 amide bonds. The van der Waals surface area contributed by atoms with Gasteiger partial charge in [-0.1, -0.05) is 11.3 Å². The van der Waals surface area contributed by atoms with Gasteiger partial charge in [0.05, 0.1) is 13.2 Å². The van der Waals surface area contributed by atoms with Gasteiger partial charge < -0.3 is 15.4 Å². The molecular formula is C9H10F3N3O2S. The third kappa shape index (κ3) is 2.56. The first kappa shape index (κ1) is 13.1. The highest BCUT2D eigenvalue weighted by molar-refractivity contribution is 7.17. The van der Waals surface area contributed by atoms with Gasteiger partial charge in [-0.25, -0.2) is 4.98 Å². The van der Waals surface area contributed by atoms with Gasteiger partial charge in [0.25, 0.3) is 5.91 Å². The number of rotatable bonds is 1. The molecule has 0 unspecified atom stereocenters. The lowest BCUT2D eigenvalue weighted by atomic mass is 10.3. The van der Waals surface area contributed by atoms with E-state index in [-0.39, 0.29) is 18.2 Å². The van der Waals surface area contributed by atoms with Crippen LogP contribution in [0.25, 0.3) is 0 Å². The number of thiazole rings is 1. The second-order valence-corrected chi connectivity index (χ2v) is 4.66. The minimum Gasteiger partial charge on any atom is -0.378 e. The molecule has 1 aliphatic heterocycles. The second-order valence-electron chi connectivity index (χ2n) is 3.63. The van der Waals surface area contributed by atoms with E-state index in [4.69, 9.17) is 10.5 Å². The summed E-state index contributed by atoms with van der Waals surface area (Å²) in [5.74, 6) is -0.695. The second kappa shape index (κ2) is 4.73. The zero-order valence-electron chi connectivity index (χ0n) is 9.16. The maximum absolute atomic E-state index is 12.7. The first-order chi connectivity index (χ1) is 8.39. The van der Waals surface area contributed by atoms with E-state index in [0.717, 1.165) is 0 Å². The number of alkyl halides is 3. The third-order valence-electron chi connectivity index (χ3n) is 2.40. The molecule has 2 rings (SSSR count). The van der Waals surface area contributed by atoms with Crippen LogP contribution in [-0.2, 0) is 10.9 Å². The smallest absolute Gasteiger partial charge is 0.378 e. The minimum absolute atomic E-state index is 0.265. The number of hydrogen-bond donors (Lipinski definition) is 1. The predicted molar refractivity (Wildman–Crippen MR) is 58.3 cm³/mol. The summed E-state index contributed by atoms with van der Waals surface area (Å²) in [7, 11) is 0. The molecule has 0 spiro atoms. The van der Waals surface area contributed by atoms with Crippen molar-refractivity contribution in [2.45, 2.75) is 6.18 Å². The fraction of sp³-hybridized carbons (Fsp3) is 0.556. The highest BCUT2D eigenvalue weighted by atomic mass is 32.1. The fourth-order valence-electron chi connectivity index (χ4n) is 1.58. The molecule has 1 aliphatic rings. The van der Waals surface area contributed by atoms with Crippen LogP contribution in [-0.4, -0.2) is 42.1 Å². The first-order valence-electron chi connectivity index (χ1n) is 5.10. The van der Waals surface area contributed by atoms with E-state index in [0.29, 0.717) is 24.6 Å². The Labute approximate surface area is 104 Å². The van der Waals surface area contributed by atoms with Gasteiger partial charge >= 0.3 is 6.18 Å². The van der Waals surface area contributed by atoms with Gasteiger partial charge in [-0.2, -0.15) is 13.2 Å². The number of ether oxygens (including phenoxy) is 1. The van der Waals surface area contributed by atoms with Gasteiger partial charge in [0, 0.05) is 13.1 Å². The maximum Gasteiger partial charge on any atom is 0.435 e. The molecule has 9 heteroatoms. The van der Waals surface area contributed by atoms with Crippen molar-refractivity contribution < 1.29 is 22.7 Å². The lowest BCUT2D eigenvalue weighted by Gasteiger charge is -2.26. The van der Waals surface area contributed by atoms with Gasteiger partial charge in [-0.05, 0) is 0 Å². The summed E-state index contributed by atoms with van der Waals surface area (Å²) < 4.78 is 43.1. The summed E-state index contributed by atoms with van der Waals surface area (Å²) in [4.78, 5) is 16.0. The van der Waals surface area contributed by atoms with Crippen LogP contribution in [0.5, 0.6) is 0 Å². The fourth-order valence-corrected chi connectivity index (χ4v) is 2.40. The van der Waals surface area contributed by atoms with Gasteiger partial charge in [0.1, 0.15) is 4.88 Å². The van der Waals surface area contributed by atoms with Crippen LogP contribution < -0.4 is 5.73 Å². The number of halogens is 3. The predicted octanol–water partition coefficient (Wildman–Crippen LogP) is 1.22. The molecule has 1 aromatic rings. The number of nitrogens with zero attached hydrogens (tertiary/aromatic N) is 2. The Hall–Kier alpha value is -1.35. The van der Waals surface area contributed by atoms with Crippen LogP contribution in [0.1, 0.15) is 15.4 Å². The van der Waals surface area contributed by atoms with Crippen LogP contribution in [0.3, 0.4) is 0 Å². The molecule has 0 saturated carbocycles. The Bertz CT molecular complexity index is 454. The number of nitrogen functional groups attached to an aromatic ring is 1. The molecular weight excluding hydrogens is 271 g/mol. The van der Waals surface area contributed by atoms with E-state index < -0.39 is 22.7 Å². The lowest BCUT2D eigenvalue weighted by Crippen LogP contribution is -2.41. The van der Waals surface area contributed by atoms with Gasteiger partial charge in [-0.15, -0.1) is 0 Å². The molecule has 0 aromatic carbocycles. The summed E-state index contributed by atoms with van der Waals surface area (Å²) in [6, 6.07) is 0. The standard InChI is InChI=1S/C9H10F3N3O2S/c10-9(11,12)6-5(18-8(13)14-6)7(16)15-1-3-17-4-2-15/h1-4H2,(H2,13,14). The van der Waals surface area contributed by atoms with E-state index in [1.807, 2.05) is 0 Å². The molecule has 2 heterocycles. The quantitative estimate of drug-likeness (QED) is 0.840. The normalized spacial score (nSPS) is 16.9. The number of carbonyl (C=O) groups excluding carboxylic acids is 1. The molecule has 18 heavy (non-hydrogen) atoms. The highest BCUT2D eigenvalue weighted by Gasteiger charge is 2.40. The van der Waals surface area contributed by atoms with Crippen molar-refractivity contribution in [3.05, 3.63) is 10.6 Å². The molecule has 1 fully saturated rings. The highest BCUT2D eigenvalue weighted by Crippen LogP contribution is 2.35. The van der Waals surface area contributed by atoms with Gasteiger partial charge in [0.15, 0.2) is 10.8 Å². The Kier molecular flexibility index (Phi) is 3.44. The third-order valence-corrected chi connectivity index (χ3v) is 3.28. The largest absolute Gasteiger partial charge is 0.435 e. The molecule has 0 atom stereocenters. The molecule has 2 N–H and O–H groups in total. The molecule has 5 nitrogen and oxygen atoms in total.